The molecule has 2 heterocycles. The molecule has 0 radical (unpaired) electrons. The fraction of sp³-hybridized carbons (Fsp3) is 0.526. The zero-order valence-electron chi connectivity index (χ0n) is 31.6. The Balaban J connectivity index is 0.000000712. The van der Waals surface area contributed by atoms with E-state index in [9.17, 15) is 28.8 Å². The minimum Gasteiger partial charge on any atom is -0.476 e. The molecule has 2 aromatic rings. The fourth-order valence-electron chi connectivity index (χ4n) is 5.62. The van der Waals surface area contributed by atoms with Crippen molar-refractivity contribution in [1.82, 2.24) is 24.9 Å². The summed E-state index contributed by atoms with van der Waals surface area (Å²) in [6, 6.07) is 20.2. The lowest BCUT2D eigenvalue weighted by Gasteiger charge is -2.39. The van der Waals surface area contributed by atoms with E-state index in [2.05, 4.69) is 51.8 Å². The number of nitrogens with one attached hydrogen (secondary N) is 1. The van der Waals surface area contributed by atoms with Gasteiger partial charge in [0.1, 0.15) is 0 Å². The van der Waals surface area contributed by atoms with Gasteiger partial charge in [0.15, 0.2) is 0 Å². The van der Waals surface area contributed by atoms with E-state index in [1.807, 2.05) is 60.4 Å². The molecule has 0 aromatic heterocycles. The van der Waals surface area contributed by atoms with Crippen LogP contribution in [0.5, 0.6) is 0 Å². The molecule has 2 fully saturated rings. The normalized spacial score (nSPS) is 16.7. The van der Waals surface area contributed by atoms with Gasteiger partial charge in [0.2, 0.25) is 11.6 Å². The Bertz CT molecular complexity index is 1370. The Morgan fingerprint density at radius 3 is 1.49 bits per heavy atom. The summed E-state index contributed by atoms with van der Waals surface area (Å²) in [7, 11) is 0. The van der Waals surface area contributed by atoms with Crippen molar-refractivity contribution < 1.29 is 33.9 Å². The van der Waals surface area contributed by atoms with E-state index < -0.39 is 23.4 Å². The second-order valence-corrected chi connectivity index (χ2v) is 12.9. The summed E-state index contributed by atoms with van der Waals surface area (Å²) in [5, 5.41) is 11.0. The van der Waals surface area contributed by atoms with Crippen LogP contribution in [0.25, 0.3) is 0 Å². The molecule has 2 N–H and O–H groups in total. The highest BCUT2D eigenvalue weighted by molar-refractivity contribution is 6.35. The number of carboxylic acid groups (broad SMARTS) is 1. The molecule has 0 saturated carbocycles. The number of carboxylic acids is 1. The summed E-state index contributed by atoms with van der Waals surface area (Å²) in [5.41, 5.74) is 1.43. The third-order valence-corrected chi connectivity index (χ3v) is 8.17. The van der Waals surface area contributed by atoms with Gasteiger partial charge in [-0.1, -0.05) is 43.3 Å². The number of nitrogens with zero attached hydrogens (tertiary/aromatic N) is 4. The molecule has 2 aliphatic rings. The number of ketones is 2. The van der Waals surface area contributed by atoms with E-state index >= 15 is 0 Å². The predicted octanol–water partition coefficient (Wildman–Crippen LogP) is 4.28. The third-order valence-electron chi connectivity index (χ3n) is 8.17. The molecule has 2 aliphatic heterocycles. The maximum absolute atomic E-state index is 12.3. The molecular formula is C38H58ClN5O7. The van der Waals surface area contributed by atoms with Crippen molar-refractivity contribution in [3.63, 3.8) is 0 Å². The van der Waals surface area contributed by atoms with Crippen LogP contribution in [0, 0.1) is 0 Å². The monoisotopic (exact) mass is 731 g/mol. The molecule has 0 unspecified atom stereocenters. The number of amides is 3. The zero-order chi connectivity index (χ0) is 38.0. The van der Waals surface area contributed by atoms with Crippen LogP contribution in [0.3, 0.4) is 0 Å². The third kappa shape index (κ3) is 16.6. The van der Waals surface area contributed by atoms with Crippen molar-refractivity contribution in [1.29, 1.82) is 0 Å². The molecule has 284 valence electrons. The second-order valence-electron chi connectivity index (χ2n) is 12.9. The van der Waals surface area contributed by atoms with Crippen molar-refractivity contribution in [2.45, 2.75) is 86.5 Å². The highest BCUT2D eigenvalue weighted by Crippen LogP contribution is 2.14. The minimum absolute atomic E-state index is 0. The van der Waals surface area contributed by atoms with Gasteiger partial charge in [-0.25, -0.2) is 4.79 Å². The van der Waals surface area contributed by atoms with E-state index in [0.717, 1.165) is 38.7 Å². The summed E-state index contributed by atoms with van der Waals surface area (Å²) in [5.74, 6) is -3.02. The number of hydrogen-bond donors (Lipinski definition) is 2. The highest BCUT2D eigenvalue weighted by Gasteiger charge is 2.31. The quantitative estimate of drug-likeness (QED) is 0.399. The summed E-state index contributed by atoms with van der Waals surface area (Å²) < 4.78 is 0. The maximum atomic E-state index is 12.3. The lowest BCUT2D eigenvalue weighted by Crippen LogP contribution is -2.56. The van der Waals surface area contributed by atoms with E-state index in [0.29, 0.717) is 43.3 Å². The van der Waals surface area contributed by atoms with Gasteiger partial charge in [-0.2, -0.15) is 0 Å². The number of carbonyl (C=O) groups excluding carboxylic acids is 5. The van der Waals surface area contributed by atoms with Crippen LogP contribution in [-0.2, 0) is 19.2 Å². The van der Waals surface area contributed by atoms with Gasteiger partial charge in [0.25, 0.3) is 17.7 Å². The van der Waals surface area contributed by atoms with Crippen molar-refractivity contribution in [2.75, 3.05) is 45.8 Å². The van der Waals surface area contributed by atoms with Crippen LogP contribution in [0.2, 0.25) is 0 Å². The van der Waals surface area contributed by atoms with E-state index in [4.69, 9.17) is 5.11 Å². The molecule has 0 spiro atoms. The van der Waals surface area contributed by atoms with Gasteiger partial charge in [-0.05, 0) is 72.4 Å². The summed E-state index contributed by atoms with van der Waals surface area (Å²) in [6.07, 6.45) is 0. The Kier molecular flexibility index (Phi) is 22.2. The number of Topliss-reactive ketones (excluding diaryl/α,β-unsaturated/α-hetero) is 2. The Hall–Kier alpha value is -4.13. The van der Waals surface area contributed by atoms with Crippen molar-refractivity contribution in [2.24, 2.45) is 0 Å². The fourth-order valence-corrected chi connectivity index (χ4v) is 5.62. The van der Waals surface area contributed by atoms with Crippen LogP contribution in [-0.4, -0.2) is 130 Å². The second kappa shape index (κ2) is 24.1. The summed E-state index contributed by atoms with van der Waals surface area (Å²) in [4.78, 5) is 73.8. The summed E-state index contributed by atoms with van der Waals surface area (Å²) >= 11 is 0. The van der Waals surface area contributed by atoms with Gasteiger partial charge >= 0.3 is 5.97 Å². The molecule has 4 rings (SSSR count). The molecule has 0 aliphatic carbocycles. The van der Waals surface area contributed by atoms with Gasteiger partial charge in [-0.3, -0.25) is 28.9 Å². The number of hydrogen-bond acceptors (Lipinski definition) is 8. The van der Waals surface area contributed by atoms with E-state index in [1.54, 1.807) is 17.0 Å². The van der Waals surface area contributed by atoms with Gasteiger partial charge in [0, 0.05) is 88.4 Å². The summed E-state index contributed by atoms with van der Waals surface area (Å²) in [6.45, 7) is 22.4. The Morgan fingerprint density at radius 2 is 1.18 bits per heavy atom. The van der Waals surface area contributed by atoms with Gasteiger partial charge < -0.3 is 25.1 Å². The number of halogens is 1. The standard InChI is InChI=1S/C15H18N2O3.C12H16N2O.C8H19N.C3H4O3.ClH/c1-11-10-16(8-9-17(11)14(19)12(2)18)15(20)13-6-4-3-5-7-13;1-10-9-14(8-7-13-10)12(15)11-5-3-2-4-6-11;1-6-9(7(2)3)8(4)5;1-2(4)3(5)6;/h3-7,11H,8-10H2,1-2H3;2-6,10,13H,7-9H2,1H3;7-8H,6H2,1-5H3;1H3,(H,5,6);1H/t11-;10-;;;/m11.../s1. The topological polar surface area (TPSA) is 148 Å². The first kappa shape index (κ1) is 46.9. The number of aliphatic carboxylic acids is 1. The molecule has 51 heavy (non-hydrogen) atoms. The number of carbonyl (C=O) groups is 6. The Morgan fingerprint density at radius 1 is 0.745 bits per heavy atom. The first-order chi connectivity index (χ1) is 23.5. The molecule has 0 bridgehead atoms. The van der Waals surface area contributed by atoms with Gasteiger partial charge in [-0.15, -0.1) is 12.4 Å². The smallest absolute Gasteiger partial charge is 0.371 e. The van der Waals surface area contributed by atoms with Crippen molar-refractivity contribution in [3.05, 3.63) is 71.8 Å². The first-order valence-corrected chi connectivity index (χ1v) is 17.2. The molecule has 13 heteroatoms. The molecular weight excluding hydrogens is 674 g/mol. The van der Waals surface area contributed by atoms with Gasteiger partial charge in [0.05, 0.1) is 0 Å². The first-order valence-electron chi connectivity index (χ1n) is 17.2. The zero-order valence-corrected chi connectivity index (χ0v) is 32.4. The largest absolute Gasteiger partial charge is 0.476 e. The van der Waals surface area contributed by atoms with Crippen LogP contribution in [0.1, 0.15) is 83.0 Å². The lowest BCUT2D eigenvalue weighted by atomic mass is 10.1. The van der Waals surface area contributed by atoms with Crippen molar-refractivity contribution in [3.8, 4) is 0 Å². The Labute approximate surface area is 309 Å². The molecule has 2 saturated heterocycles. The van der Waals surface area contributed by atoms with Crippen LogP contribution >= 0.6 is 12.4 Å². The van der Waals surface area contributed by atoms with Crippen LogP contribution in [0.15, 0.2) is 60.7 Å². The predicted molar refractivity (Wildman–Crippen MR) is 202 cm³/mol. The maximum Gasteiger partial charge on any atom is 0.371 e. The molecule has 2 atom stereocenters. The van der Waals surface area contributed by atoms with Crippen molar-refractivity contribution >= 4 is 47.7 Å². The SMILES string of the molecule is CC(=O)C(=O)N1CCN(C(=O)c2ccccc2)C[C@H]1C.CC(=O)C(=O)O.CCN(C(C)C)C(C)C.C[C@@H]1CN(C(=O)c2ccccc2)CCN1.Cl. The lowest BCUT2D eigenvalue weighted by molar-refractivity contribution is -0.148. The average Bonchev–Trinajstić information content (AvgIpc) is 3.08. The van der Waals surface area contributed by atoms with Crippen LogP contribution in [0.4, 0.5) is 0 Å². The number of benzene rings is 2. The highest BCUT2D eigenvalue weighted by atomic mass is 35.5. The minimum atomic E-state index is -1.38. The molecule has 2 aromatic carbocycles. The number of piperazine rings is 2. The molecule has 3 amide bonds. The van der Waals surface area contributed by atoms with E-state index in [-0.39, 0.29) is 30.3 Å². The number of rotatable bonds is 7. The van der Waals surface area contributed by atoms with E-state index in [1.165, 1.54) is 11.8 Å². The average molecular weight is 732 g/mol. The van der Waals surface area contributed by atoms with Crippen LogP contribution < -0.4 is 5.32 Å². The molecule has 12 nitrogen and oxygen atoms in total.